The molecule has 0 heterocycles. The van der Waals surface area contributed by atoms with Gasteiger partial charge in [-0.3, -0.25) is 4.79 Å². The van der Waals surface area contributed by atoms with Crippen LogP contribution in [0, 0.1) is 5.41 Å². The first kappa shape index (κ1) is 17.8. The Morgan fingerprint density at radius 1 is 1.26 bits per heavy atom. The first-order valence-electron chi connectivity index (χ1n) is 6.47. The molecule has 0 aliphatic heterocycles. The molecule has 1 N–H and O–H groups in total. The zero-order chi connectivity index (χ0) is 15.3. The van der Waals surface area contributed by atoms with Gasteiger partial charge in [0.05, 0.1) is 5.41 Å². The number of hydrogen-bond acceptors (Lipinski definition) is 3. The molecule has 0 bridgehead atoms. The largest absolute Gasteiger partial charge is 0.477 e. The minimum absolute atomic E-state index is 0.253. The number of ether oxygens (including phenoxy) is 1. The Hall–Kier alpha value is -1.20. The summed E-state index contributed by atoms with van der Waals surface area (Å²) in [5.41, 5.74) is -0.850. The Morgan fingerprint density at radius 3 is 2.11 bits per heavy atom. The Balaban J connectivity index is 4.99. The number of hydrogen-bond donors (Lipinski definition) is 1. The molecule has 6 heteroatoms. The fraction of sp³-hybridized carbons (Fsp3) is 0.846. The molecule has 0 saturated carbocycles. The fourth-order valence-electron chi connectivity index (χ4n) is 1.80. The Bertz CT molecular complexity index is 331. The van der Waals surface area contributed by atoms with Crippen molar-refractivity contribution in [3.8, 4) is 0 Å². The van der Waals surface area contributed by atoms with E-state index in [2.05, 4.69) is 0 Å². The second kappa shape index (κ2) is 6.82. The molecule has 4 nitrogen and oxygen atoms in total. The van der Waals surface area contributed by atoms with Crippen LogP contribution in [0.4, 0.5) is 8.78 Å². The molecule has 19 heavy (non-hydrogen) atoms. The van der Waals surface area contributed by atoms with Crippen LogP contribution in [-0.4, -0.2) is 29.1 Å². The fourth-order valence-corrected chi connectivity index (χ4v) is 1.80. The van der Waals surface area contributed by atoms with Crippen molar-refractivity contribution in [3.63, 3.8) is 0 Å². The van der Waals surface area contributed by atoms with E-state index >= 15 is 0 Å². The number of carboxylic acid groups (broad SMARTS) is 1. The van der Waals surface area contributed by atoms with Gasteiger partial charge in [-0.2, -0.15) is 8.78 Å². The number of carbonyl (C=O) groups excluding carboxylic acids is 1. The number of rotatable bonds is 8. The summed E-state index contributed by atoms with van der Waals surface area (Å²) in [4.78, 5) is 22.5. The van der Waals surface area contributed by atoms with E-state index in [1.54, 1.807) is 13.8 Å². The molecule has 2 atom stereocenters. The van der Waals surface area contributed by atoms with E-state index in [0.717, 1.165) is 0 Å². The molecule has 0 radical (unpaired) electrons. The molecule has 0 aliphatic carbocycles. The highest BCUT2D eigenvalue weighted by molar-refractivity contribution is 5.79. The van der Waals surface area contributed by atoms with E-state index < -0.39 is 29.4 Å². The lowest BCUT2D eigenvalue weighted by molar-refractivity contribution is -0.198. The van der Waals surface area contributed by atoms with E-state index in [-0.39, 0.29) is 6.42 Å². The molecule has 0 aromatic heterocycles. The van der Waals surface area contributed by atoms with Gasteiger partial charge < -0.3 is 9.84 Å². The van der Waals surface area contributed by atoms with Crippen LogP contribution < -0.4 is 0 Å². The molecule has 0 rings (SSSR count). The van der Waals surface area contributed by atoms with Crippen LogP contribution in [0.5, 0.6) is 0 Å². The van der Waals surface area contributed by atoms with E-state index in [1.807, 2.05) is 6.92 Å². The van der Waals surface area contributed by atoms with Gasteiger partial charge in [-0.1, -0.05) is 27.2 Å². The molecular weight excluding hydrogens is 258 g/mol. The summed E-state index contributed by atoms with van der Waals surface area (Å²) in [5, 5.41) is 8.48. The number of aliphatic carboxylic acids is 1. The summed E-state index contributed by atoms with van der Waals surface area (Å²) in [6.07, 6.45) is -0.505. The summed E-state index contributed by atoms with van der Waals surface area (Å²) in [5.74, 6) is -7.10. The third kappa shape index (κ3) is 4.14. The van der Waals surface area contributed by atoms with Crippen LogP contribution in [0.15, 0.2) is 0 Å². The first-order chi connectivity index (χ1) is 8.65. The number of halogens is 2. The standard InChI is InChI=1S/C13H22F2O4/c1-5-8-12(4,7-3)11(18)19-9(6-2)13(14,15)10(16)17/h9H,5-8H2,1-4H3,(H,16,17). The third-order valence-electron chi connectivity index (χ3n) is 3.38. The van der Waals surface area contributed by atoms with Crippen molar-refractivity contribution in [2.75, 3.05) is 0 Å². The van der Waals surface area contributed by atoms with Crippen LogP contribution in [-0.2, 0) is 14.3 Å². The third-order valence-corrected chi connectivity index (χ3v) is 3.38. The molecule has 0 fully saturated rings. The maximum atomic E-state index is 13.4. The maximum Gasteiger partial charge on any atom is 0.378 e. The maximum absolute atomic E-state index is 13.4. The predicted octanol–water partition coefficient (Wildman–Crippen LogP) is 3.24. The highest BCUT2D eigenvalue weighted by Crippen LogP contribution is 2.32. The van der Waals surface area contributed by atoms with Gasteiger partial charge >= 0.3 is 17.9 Å². The second-order valence-electron chi connectivity index (χ2n) is 4.89. The van der Waals surface area contributed by atoms with Gasteiger partial charge in [0.25, 0.3) is 0 Å². The highest BCUT2D eigenvalue weighted by Gasteiger charge is 2.50. The first-order valence-corrected chi connectivity index (χ1v) is 6.47. The van der Waals surface area contributed by atoms with E-state index in [4.69, 9.17) is 9.84 Å². The van der Waals surface area contributed by atoms with Crippen LogP contribution >= 0.6 is 0 Å². The van der Waals surface area contributed by atoms with Gasteiger partial charge in [0, 0.05) is 0 Å². The van der Waals surface area contributed by atoms with Gasteiger partial charge in [-0.25, -0.2) is 4.79 Å². The summed E-state index contributed by atoms with van der Waals surface area (Å²) in [6.45, 7) is 6.65. The van der Waals surface area contributed by atoms with Crippen LogP contribution in [0.2, 0.25) is 0 Å². The van der Waals surface area contributed by atoms with Gasteiger partial charge in [-0.15, -0.1) is 0 Å². The number of esters is 1. The van der Waals surface area contributed by atoms with Crippen molar-refractivity contribution < 1.29 is 28.2 Å². The molecule has 112 valence electrons. The van der Waals surface area contributed by atoms with Gasteiger partial charge in [-0.05, 0) is 26.2 Å². The molecule has 0 amide bonds. The minimum Gasteiger partial charge on any atom is -0.477 e. The average molecular weight is 280 g/mol. The Morgan fingerprint density at radius 2 is 1.79 bits per heavy atom. The summed E-state index contributed by atoms with van der Waals surface area (Å²) in [6, 6.07) is 0. The van der Waals surface area contributed by atoms with Crippen molar-refractivity contribution in [1.29, 1.82) is 0 Å². The number of carboxylic acids is 1. The van der Waals surface area contributed by atoms with Crippen molar-refractivity contribution in [2.45, 2.75) is 65.4 Å². The van der Waals surface area contributed by atoms with E-state index in [9.17, 15) is 18.4 Å². The highest BCUT2D eigenvalue weighted by atomic mass is 19.3. The van der Waals surface area contributed by atoms with Crippen molar-refractivity contribution in [2.24, 2.45) is 5.41 Å². The lowest BCUT2D eigenvalue weighted by Crippen LogP contribution is -2.46. The molecule has 0 aromatic carbocycles. The molecule has 0 aromatic rings. The average Bonchev–Trinajstić information content (AvgIpc) is 2.35. The van der Waals surface area contributed by atoms with Crippen molar-refractivity contribution >= 4 is 11.9 Å². The molecular formula is C13H22F2O4. The minimum atomic E-state index is -4.06. The lowest BCUT2D eigenvalue weighted by atomic mass is 9.83. The Labute approximate surface area is 112 Å². The smallest absolute Gasteiger partial charge is 0.378 e. The summed E-state index contributed by atoms with van der Waals surface area (Å²) in [7, 11) is 0. The van der Waals surface area contributed by atoms with Crippen LogP contribution in [0.3, 0.4) is 0 Å². The zero-order valence-corrected chi connectivity index (χ0v) is 11.8. The predicted molar refractivity (Wildman–Crippen MR) is 66.1 cm³/mol. The summed E-state index contributed by atoms with van der Waals surface area (Å²) < 4.78 is 31.5. The summed E-state index contributed by atoms with van der Waals surface area (Å²) >= 11 is 0. The SMILES string of the molecule is CCCC(C)(CC)C(=O)OC(CC)C(F)(F)C(=O)O. The van der Waals surface area contributed by atoms with Crippen molar-refractivity contribution in [3.05, 3.63) is 0 Å². The number of alkyl halides is 2. The second-order valence-corrected chi connectivity index (χ2v) is 4.89. The van der Waals surface area contributed by atoms with Gasteiger partial charge in [0.1, 0.15) is 0 Å². The van der Waals surface area contributed by atoms with Crippen LogP contribution in [0.25, 0.3) is 0 Å². The monoisotopic (exact) mass is 280 g/mol. The Kier molecular flexibility index (Phi) is 6.39. The van der Waals surface area contributed by atoms with Gasteiger partial charge in [0.15, 0.2) is 6.10 Å². The molecule has 0 aliphatic rings. The molecule has 0 spiro atoms. The van der Waals surface area contributed by atoms with E-state index in [0.29, 0.717) is 19.3 Å². The molecule has 2 unspecified atom stereocenters. The number of carbonyl (C=O) groups is 2. The normalized spacial score (nSPS) is 16.5. The molecule has 0 saturated heterocycles. The zero-order valence-electron chi connectivity index (χ0n) is 11.8. The topological polar surface area (TPSA) is 63.6 Å². The lowest BCUT2D eigenvalue weighted by Gasteiger charge is -2.30. The van der Waals surface area contributed by atoms with Crippen LogP contribution in [0.1, 0.15) is 53.4 Å². The van der Waals surface area contributed by atoms with Gasteiger partial charge in [0.2, 0.25) is 0 Å². The van der Waals surface area contributed by atoms with E-state index in [1.165, 1.54) is 6.92 Å². The van der Waals surface area contributed by atoms with Crippen molar-refractivity contribution in [1.82, 2.24) is 0 Å². The quantitative estimate of drug-likeness (QED) is 0.693.